The molecule has 1 saturated carbocycles. The molecule has 3 aliphatic heterocycles. The van der Waals surface area contributed by atoms with Crippen LogP contribution < -0.4 is 0 Å². The monoisotopic (exact) mass is 372 g/mol. The van der Waals surface area contributed by atoms with Gasteiger partial charge in [0.05, 0.1) is 19.8 Å². The Hall–Kier alpha value is -1.54. The summed E-state index contributed by atoms with van der Waals surface area (Å²) in [5.74, 6) is 0.830. The quantitative estimate of drug-likeness (QED) is 0.766. The Morgan fingerprint density at radius 3 is 2.89 bits per heavy atom. The Bertz CT molecular complexity index is 669. The van der Waals surface area contributed by atoms with Gasteiger partial charge in [-0.25, -0.2) is 5.06 Å². The molecule has 1 aromatic rings. The maximum absolute atomic E-state index is 12.9. The van der Waals surface area contributed by atoms with E-state index in [0.717, 1.165) is 45.1 Å². The highest BCUT2D eigenvalue weighted by Crippen LogP contribution is 2.36. The number of nitrogens with zero attached hydrogens (tertiary/aromatic N) is 4. The van der Waals surface area contributed by atoms with E-state index < -0.39 is 0 Å². The second-order valence-corrected chi connectivity index (χ2v) is 8.52. The van der Waals surface area contributed by atoms with Gasteiger partial charge in [0.1, 0.15) is 11.6 Å². The molecule has 27 heavy (non-hydrogen) atoms. The molecule has 4 fully saturated rings. The van der Waals surface area contributed by atoms with E-state index in [1.807, 2.05) is 18.5 Å². The van der Waals surface area contributed by atoms with Crippen LogP contribution in [0.25, 0.3) is 0 Å². The van der Waals surface area contributed by atoms with Crippen molar-refractivity contribution >= 4 is 5.91 Å². The van der Waals surface area contributed by atoms with Crippen molar-refractivity contribution in [1.29, 1.82) is 0 Å². The smallest absolute Gasteiger partial charge is 0.265 e. The van der Waals surface area contributed by atoms with Crippen LogP contribution in [0.5, 0.6) is 0 Å². The fourth-order valence-corrected chi connectivity index (χ4v) is 4.55. The lowest BCUT2D eigenvalue weighted by atomic mass is 9.89. The number of aromatic nitrogens is 1. The number of carbonyl (C=O) groups excluding carboxylic acids is 1. The van der Waals surface area contributed by atoms with E-state index >= 15 is 0 Å². The van der Waals surface area contributed by atoms with Gasteiger partial charge in [0, 0.05) is 45.1 Å². The second-order valence-electron chi connectivity index (χ2n) is 8.52. The van der Waals surface area contributed by atoms with Crippen molar-refractivity contribution < 1.29 is 14.4 Å². The fourth-order valence-electron chi connectivity index (χ4n) is 4.55. The minimum Gasteiger partial charge on any atom is -0.369 e. The summed E-state index contributed by atoms with van der Waals surface area (Å²) in [5, 5.41) is 1.56. The number of amides is 1. The van der Waals surface area contributed by atoms with Crippen molar-refractivity contribution in [3.8, 4) is 0 Å². The van der Waals surface area contributed by atoms with E-state index in [-0.39, 0.29) is 17.6 Å². The standard InChI is InChI=1S/C20H28N4O3/c25-19(24-7-2-8-27-24)18-12-26-20(15-23(18)11-16-4-5-16)13-22(14-20)10-17-3-1-6-21-9-17/h1,3,6,9,16,18H,2,4-5,7-8,10-15H2/t18-/m1/s1. The zero-order valence-electron chi connectivity index (χ0n) is 15.8. The minimum absolute atomic E-state index is 0.0783. The highest BCUT2D eigenvalue weighted by Gasteiger charge is 2.51. The van der Waals surface area contributed by atoms with Gasteiger partial charge in [-0.3, -0.25) is 24.4 Å². The predicted molar refractivity (Wildman–Crippen MR) is 98.6 cm³/mol. The summed E-state index contributed by atoms with van der Waals surface area (Å²) in [4.78, 5) is 27.4. The van der Waals surface area contributed by atoms with Gasteiger partial charge in [0.25, 0.3) is 5.91 Å². The SMILES string of the molecule is O=C([C@H]1COC2(CN(Cc3cccnc3)C2)CN1CC1CC1)N1CCCO1. The number of carbonyl (C=O) groups is 1. The van der Waals surface area contributed by atoms with Crippen LogP contribution in [0.1, 0.15) is 24.8 Å². The molecule has 3 saturated heterocycles. The first-order valence-corrected chi connectivity index (χ1v) is 10.1. The van der Waals surface area contributed by atoms with Gasteiger partial charge >= 0.3 is 0 Å². The van der Waals surface area contributed by atoms with E-state index in [4.69, 9.17) is 9.57 Å². The maximum Gasteiger partial charge on any atom is 0.265 e. The normalized spacial score (nSPS) is 28.4. The highest BCUT2D eigenvalue weighted by atomic mass is 16.7. The molecule has 1 aromatic heterocycles. The van der Waals surface area contributed by atoms with E-state index in [1.165, 1.54) is 18.4 Å². The summed E-state index contributed by atoms with van der Waals surface area (Å²) in [6, 6.07) is 3.90. The molecule has 0 aromatic carbocycles. The molecule has 5 rings (SSSR count). The average Bonchev–Trinajstić information content (AvgIpc) is 3.30. The zero-order chi connectivity index (χ0) is 18.3. The first-order valence-electron chi connectivity index (χ1n) is 10.1. The van der Waals surface area contributed by atoms with E-state index in [1.54, 1.807) is 5.06 Å². The van der Waals surface area contributed by atoms with Crippen LogP contribution in [0.15, 0.2) is 24.5 Å². The summed E-state index contributed by atoms with van der Waals surface area (Å²) in [5.41, 5.74) is 1.11. The third-order valence-electron chi connectivity index (χ3n) is 6.11. The second kappa shape index (κ2) is 7.13. The Morgan fingerprint density at radius 2 is 2.19 bits per heavy atom. The van der Waals surface area contributed by atoms with Gasteiger partial charge in [0.15, 0.2) is 0 Å². The lowest BCUT2D eigenvalue weighted by Gasteiger charge is -2.55. The molecule has 0 N–H and O–H groups in total. The molecule has 146 valence electrons. The molecule has 1 amide bonds. The first kappa shape index (κ1) is 17.6. The third-order valence-corrected chi connectivity index (χ3v) is 6.11. The number of morpholine rings is 1. The predicted octanol–water partition coefficient (Wildman–Crippen LogP) is 0.911. The molecule has 0 unspecified atom stereocenters. The molecule has 4 aliphatic rings. The first-order chi connectivity index (χ1) is 13.2. The van der Waals surface area contributed by atoms with Crippen molar-refractivity contribution in [2.75, 3.05) is 45.9 Å². The van der Waals surface area contributed by atoms with Crippen molar-refractivity contribution in [1.82, 2.24) is 19.8 Å². The topological polar surface area (TPSA) is 58.1 Å². The van der Waals surface area contributed by atoms with Crippen LogP contribution in [0.2, 0.25) is 0 Å². The number of hydroxylamine groups is 2. The van der Waals surface area contributed by atoms with Crippen LogP contribution in [0.4, 0.5) is 0 Å². The average molecular weight is 372 g/mol. The van der Waals surface area contributed by atoms with Crippen LogP contribution >= 0.6 is 0 Å². The van der Waals surface area contributed by atoms with Gasteiger partial charge in [-0.2, -0.15) is 0 Å². The zero-order valence-corrected chi connectivity index (χ0v) is 15.8. The van der Waals surface area contributed by atoms with Crippen LogP contribution in [0, 0.1) is 5.92 Å². The van der Waals surface area contributed by atoms with Crippen molar-refractivity contribution in [3.05, 3.63) is 30.1 Å². The van der Waals surface area contributed by atoms with Gasteiger partial charge in [0.2, 0.25) is 0 Å². The van der Waals surface area contributed by atoms with E-state index in [9.17, 15) is 4.79 Å². The molecule has 0 bridgehead atoms. The highest BCUT2D eigenvalue weighted by molar-refractivity contribution is 5.81. The number of rotatable bonds is 5. The summed E-state index contributed by atoms with van der Waals surface area (Å²) in [6.45, 7) is 6.44. The molecular weight excluding hydrogens is 344 g/mol. The van der Waals surface area contributed by atoms with Crippen molar-refractivity contribution in [2.24, 2.45) is 5.92 Å². The fraction of sp³-hybridized carbons (Fsp3) is 0.700. The Morgan fingerprint density at radius 1 is 1.30 bits per heavy atom. The number of hydrogen-bond acceptors (Lipinski definition) is 6. The Kier molecular flexibility index (Phi) is 4.63. The lowest BCUT2D eigenvalue weighted by Crippen LogP contribution is -2.72. The largest absolute Gasteiger partial charge is 0.369 e. The summed E-state index contributed by atoms with van der Waals surface area (Å²) < 4.78 is 6.29. The lowest BCUT2D eigenvalue weighted by molar-refractivity contribution is -0.216. The summed E-state index contributed by atoms with van der Waals surface area (Å²) in [7, 11) is 0. The molecule has 0 radical (unpaired) electrons. The van der Waals surface area contributed by atoms with Gasteiger partial charge < -0.3 is 4.74 Å². The van der Waals surface area contributed by atoms with Crippen molar-refractivity contribution in [2.45, 2.75) is 37.5 Å². The number of pyridine rings is 1. The van der Waals surface area contributed by atoms with Crippen LogP contribution in [-0.2, 0) is 20.9 Å². The Balaban J connectivity index is 1.21. The molecular formula is C20H28N4O3. The van der Waals surface area contributed by atoms with Gasteiger partial charge in [-0.15, -0.1) is 0 Å². The minimum atomic E-state index is -0.193. The van der Waals surface area contributed by atoms with Gasteiger partial charge in [-0.05, 0) is 36.8 Å². The van der Waals surface area contributed by atoms with Crippen LogP contribution in [-0.4, -0.2) is 83.3 Å². The molecule has 1 spiro atoms. The molecule has 4 heterocycles. The van der Waals surface area contributed by atoms with E-state index in [0.29, 0.717) is 19.8 Å². The van der Waals surface area contributed by atoms with E-state index in [2.05, 4.69) is 20.9 Å². The Labute approximate surface area is 160 Å². The maximum atomic E-state index is 12.9. The van der Waals surface area contributed by atoms with Crippen LogP contribution in [0.3, 0.4) is 0 Å². The number of likely N-dealkylation sites (tertiary alicyclic amines) is 1. The van der Waals surface area contributed by atoms with Gasteiger partial charge in [-0.1, -0.05) is 6.07 Å². The summed E-state index contributed by atoms with van der Waals surface area (Å²) in [6.07, 6.45) is 7.24. The number of hydrogen-bond donors (Lipinski definition) is 0. The molecule has 1 atom stereocenters. The molecule has 7 heteroatoms. The molecule has 1 aliphatic carbocycles. The number of ether oxygens (including phenoxy) is 1. The molecule has 7 nitrogen and oxygen atoms in total. The summed E-state index contributed by atoms with van der Waals surface area (Å²) >= 11 is 0. The third kappa shape index (κ3) is 3.74. The van der Waals surface area contributed by atoms with Crippen molar-refractivity contribution in [3.63, 3.8) is 0 Å².